The highest BCUT2D eigenvalue weighted by Crippen LogP contribution is 2.16. The maximum Gasteiger partial charge on any atom is 0.196 e. The topological polar surface area (TPSA) is 94.1 Å². The van der Waals surface area contributed by atoms with Gasteiger partial charge in [0.1, 0.15) is 4.90 Å². The molecule has 8 heteroatoms. The molecule has 0 aliphatic heterocycles. The highest BCUT2D eigenvalue weighted by Gasteiger charge is 2.21. The van der Waals surface area contributed by atoms with Gasteiger partial charge in [0, 0.05) is 12.5 Å². The highest BCUT2D eigenvalue weighted by molar-refractivity contribution is 7.93. The Hall–Kier alpha value is -1.02. The zero-order chi connectivity index (χ0) is 11.0. The first-order chi connectivity index (χ1) is 6.23. The summed E-state index contributed by atoms with van der Waals surface area (Å²) in [6.07, 6.45) is 2.93. The maximum absolute atomic E-state index is 11.2. The number of rotatable bonds is 2. The quantitative estimate of drug-likeness (QED) is 0.673. The second-order valence-corrected chi connectivity index (χ2v) is 6.66. The van der Waals surface area contributed by atoms with Crippen LogP contribution in [-0.4, -0.2) is 39.5 Å². The Labute approximate surface area is 81.8 Å². The second-order valence-electron chi connectivity index (χ2n) is 2.74. The summed E-state index contributed by atoms with van der Waals surface area (Å²) in [5, 5.41) is 6.12. The fourth-order valence-electron chi connectivity index (χ4n) is 0.846. The van der Waals surface area contributed by atoms with Crippen LogP contribution in [0.4, 0.5) is 0 Å². The summed E-state index contributed by atoms with van der Waals surface area (Å²) in [6, 6.07) is 1.11. The minimum absolute atomic E-state index is 0.324. The van der Waals surface area contributed by atoms with Crippen LogP contribution in [0.1, 0.15) is 0 Å². The molecule has 0 aromatic carbocycles. The number of nitrogens with zero attached hydrogens (tertiary/aromatic N) is 2. The van der Waals surface area contributed by atoms with E-state index in [1.807, 2.05) is 0 Å². The van der Waals surface area contributed by atoms with Gasteiger partial charge in [-0.15, -0.1) is 5.10 Å². The molecule has 0 amide bonds. The third-order valence-electron chi connectivity index (χ3n) is 1.40. The molecule has 78 valence electrons. The largest absolute Gasteiger partial charge is 0.224 e. The van der Waals surface area contributed by atoms with Crippen LogP contribution in [0, 0.1) is 0 Å². The van der Waals surface area contributed by atoms with E-state index < -0.39 is 24.7 Å². The van der Waals surface area contributed by atoms with E-state index in [1.54, 1.807) is 0 Å². The van der Waals surface area contributed by atoms with Crippen LogP contribution in [0.5, 0.6) is 0 Å². The van der Waals surface area contributed by atoms with Gasteiger partial charge in [-0.25, -0.2) is 16.8 Å². The van der Waals surface area contributed by atoms with Crippen molar-refractivity contribution < 1.29 is 16.8 Å². The first kappa shape index (κ1) is 11.1. The molecule has 0 bridgehead atoms. The van der Waals surface area contributed by atoms with Gasteiger partial charge in [0.25, 0.3) is 0 Å². The van der Waals surface area contributed by atoms with Crippen LogP contribution in [-0.2, 0) is 19.7 Å². The normalized spacial score (nSPS) is 12.7. The van der Waals surface area contributed by atoms with Crippen LogP contribution >= 0.6 is 0 Å². The summed E-state index contributed by atoms with van der Waals surface area (Å²) < 4.78 is 44.6. The molecule has 6 nitrogen and oxygen atoms in total. The van der Waals surface area contributed by atoms with Gasteiger partial charge in [0.2, 0.25) is 0 Å². The van der Waals surface area contributed by atoms with Crippen LogP contribution < -0.4 is 0 Å². The Morgan fingerprint density at radius 3 is 2.00 bits per heavy atom. The van der Waals surface area contributed by atoms with Crippen molar-refractivity contribution in [2.75, 3.05) is 12.5 Å². The summed E-state index contributed by atoms with van der Waals surface area (Å²) in [5.74, 6) is 0. The van der Waals surface area contributed by atoms with Crippen molar-refractivity contribution in [3.63, 3.8) is 0 Å². The van der Waals surface area contributed by atoms with Crippen molar-refractivity contribution >= 4 is 19.7 Å². The van der Waals surface area contributed by atoms with E-state index in [0.29, 0.717) is 0 Å². The molecule has 14 heavy (non-hydrogen) atoms. The van der Waals surface area contributed by atoms with Crippen molar-refractivity contribution in [1.82, 2.24) is 10.2 Å². The van der Waals surface area contributed by atoms with Crippen molar-refractivity contribution in [1.29, 1.82) is 0 Å². The fraction of sp³-hybridized carbons (Fsp3) is 0.333. The number of hydrogen-bond donors (Lipinski definition) is 0. The third-order valence-corrected chi connectivity index (χ3v) is 3.66. The molecule has 0 aliphatic rings. The van der Waals surface area contributed by atoms with Gasteiger partial charge in [0.05, 0.1) is 6.20 Å². The van der Waals surface area contributed by atoms with Gasteiger partial charge < -0.3 is 0 Å². The van der Waals surface area contributed by atoms with E-state index in [-0.39, 0.29) is 4.90 Å². The molecular weight excluding hydrogens is 228 g/mol. The predicted octanol–water partition coefficient (Wildman–Crippen LogP) is -0.716. The molecule has 0 radical (unpaired) electrons. The Balaban J connectivity index is 3.64. The Kier molecular flexibility index (Phi) is 2.59. The van der Waals surface area contributed by atoms with Crippen molar-refractivity contribution in [3.8, 4) is 0 Å². The Morgan fingerprint density at radius 1 is 1.07 bits per heavy atom. The van der Waals surface area contributed by atoms with E-state index >= 15 is 0 Å². The highest BCUT2D eigenvalue weighted by atomic mass is 32.2. The monoisotopic (exact) mass is 236 g/mol. The van der Waals surface area contributed by atoms with Gasteiger partial charge in [-0.2, -0.15) is 5.10 Å². The summed E-state index contributed by atoms with van der Waals surface area (Å²) in [4.78, 5) is -0.324. The predicted molar refractivity (Wildman–Crippen MR) is 48.3 cm³/mol. The zero-order valence-electron chi connectivity index (χ0n) is 7.50. The maximum atomic E-state index is 11.2. The van der Waals surface area contributed by atoms with Gasteiger partial charge in [-0.3, -0.25) is 0 Å². The van der Waals surface area contributed by atoms with Gasteiger partial charge >= 0.3 is 0 Å². The fourth-order valence-corrected chi connectivity index (χ4v) is 3.05. The van der Waals surface area contributed by atoms with Crippen LogP contribution in [0.15, 0.2) is 22.2 Å². The van der Waals surface area contributed by atoms with Gasteiger partial charge in [0.15, 0.2) is 24.7 Å². The first-order valence-electron chi connectivity index (χ1n) is 3.45. The molecule has 0 saturated carbocycles. The van der Waals surface area contributed by atoms with Gasteiger partial charge in [-0.1, -0.05) is 0 Å². The average molecular weight is 236 g/mol. The Bertz CT molecular complexity index is 496. The summed E-state index contributed by atoms with van der Waals surface area (Å²) in [7, 11) is -7.27. The van der Waals surface area contributed by atoms with E-state index in [1.165, 1.54) is 0 Å². The lowest BCUT2D eigenvalue weighted by atomic mass is 10.6. The molecular formula is C6H8N2O4S2. The lowest BCUT2D eigenvalue weighted by Crippen LogP contribution is -2.10. The summed E-state index contributed by atoms with van der Waals surface area (Å²) >= 11 is 0. The number of aromatic nitrogens is 2. The van der Waals surface area contributed by atoms with E-state index in [0.717, 1.165) is 24.8 Å². The first-order valence-corrected chi connectivity index (χ1v) is 7.23. The van der Waals surface area contributed by atoms with Crippen LogP contribution in [0.25, 0.3) is 0 Å². The molecule has 0 fully saturated rings. The van der Waals surface area contributed by atoms with Crippen molar-refractivity contribution in [2.24, 2.45) is 0 Å². The second kappa shape index (κ2) is 3.28. The molecule has 1 aromatic heterocycles. The molecule has 0 unspecified atom stereocenters. The van der Waals surface area contributed by atoms with Crippen LogP contribution in [0.2, 0.25) is 0 Å². The lowest BCUT2D eigenvalue weighted by molar-refractivity contribution is 0.580. The SMILES string of the molecule is CS(=O)(=O)c1ccnnc1S(C)(=O)=O. The van der Waals surface area contributed by atoms with Crippen molar-refractivity contribution in [2.45, 2.75) is 9.92 Å². The third kappa shape index (κ3) is 2.26. The molecule has 1 aromatic rings. The van der Waals surface area contributed by atoms with Gasteiger partial charge in [-0.05, 0) is 6.07 Å². The summed E-state index contributed by atoms with van der Waals surface area (Å²) in [6.45, 7) is 0. The Morgan fingerprint density at radius 2 is 1.64 bits per heavy atom. The molecule has 0 saturated heterocycles. The summed E-state index contributed by atoms with van der Waals surface area (Å²) in [5.41, 5.74) is 0. The number of hydrogen-bond acceptors (Lipinski definition) is 6. The molecule has 0 spiro atoms. The molecule has 0 N–H and O–H groups in total. The number of sulfone groups is 2. The standard InChI is InChI=1S/C6H8N2O4S2/c1-13(9,10)5-3-4-7-8-6(5)14(2,11)12/h3-4H,1-2H3. The average Bonchev–Trinajstić information content (AvgIpc) is 2.01. The minimum atomic E-state index is -3.67. The molecule has 0 atom stereocenters. The van der Waals surface area contributed by atoms with E-state index in [2.05, 4.69) is 10.2 Å². The van der Waals surface area contributed by atoms with Crippen molar-refractivity contribution in [3.05, 3.63) is 12.3 Å². The van der Waals surface area contributed by atoms with E-state index in [9.17, 15) is 16.8 Å². The lowest BCUT2D eigenvalue weighted by Gasteiger charge is -2.02. The molecule has 0 aliphatic carbocycles. The minimum Gasteiger partial charge on any atom is -0.224 e. The molecule has 1 heterocycles. The smallest absolute Gasteiger partial charge is 0.196 e. The zero-order valence-corrected chi connectivity index (χ0v) is 9.13. The van der Waals surface area contributed by atoms with Crippen LogP contribution in [0.3, 0.4) is 0 Å². The molecule has 1 rings (SSSR count). The van der Waals surface area contributed by atoms with E-state index in [4.69, 9.17) is 0 Å².